The molecule has 0 saturated carbocycles. The summed E-state index contributed by atoms with van der Waals surface area (Å²) in [4.78, 5) is 50.7. The van der Waals surface area contributed by atoms with E-state index < -0.39 is 45.6 Å². The number of rotatable bonds is 13. The van der Waals surface area contributed by atoms with Crippen molar-refractivity contribution < 1.29 is 50.6 Å². The Balaban J connectivity index is 0.000000980. The summed E-state index contributed by atoms with van der Waals surface area (Å²) >= 11 is 13.2. The van der Waals surface area contributed by atoms with Gasteiger partial charge in [-0.25, -0.2) is 22.3 Å². The first kappa shape index (κ1) is 43.0. The van der Waals surface area contributed by atoms with E-state index in [2.05, 4.69) is 10.6 Å². The molecule has 53 heavy (non-hydrogen) atoms. The Labute approximate surface area is 314 Å². The van der Waals surface area contributed by atoms with Gasteiger partial charge in [-0.1, -0.05) is 47.8 Å². The van der Waals surface area contributed by atoms with Crippen molar-refractivity contribution in [3.05, 3.63) is 87.9 Å². The highest BCUT2D eigenvalue weighted by Gasteiger charge is 2.58. The Kier molecular flexibility index (Phi) is 14.7. The number of nitrogens with zero attached hydrogens (tertiary/aromatic N) is 2. The van der Waals surface area contributed by atoms with Gasteiger partial charge in [0.25, 0.3) is 15.9 Å². The molecule has 0 radical (unpaired) electrons. The third-order valence-corrected chi connectivity index (χ3v) is 10.4. The molecule has 19 heteroatoms. The monoisotopic (exact) mass is 803 g/mol. The number of fused-ring (bicyclic) bond motifs is 1. The third-order valence-electron chi connectivity index (χ3n) is 8.12. The summed E-state index contributed by atoms with van der Waals surface area (Å²) in [5, 5.41) is 13.4. The first-order valence-corrected chi connectivity index (χ1v) is 18.3. The number of carboxylic acid groups (broad SMARTS) is 1. The van der Waals surface area contributed by atoms with Gasteiger partial charge in [-0.05, 0) is 81.8 Å². The molecule has 1 heterocycles. The number of methoxy groups -OCH3 is 1. The second kappa shape index (κ2) is 18.1. The maximum Gasteiger partial charge on any atom is 0.490 e. The molecule has 3 aromatic carbocycles. The molecule has 0 spiro atoms. The van der Waals surface area contributed by atoms with E-state index in [1.165, 1.54) is 49.6 Å². The zero-order valence-electron chi connectivity index (χ0n) is 28.7. The van der Waals surface area contributed by atoms with Crippen molar-refractivity contribution >= 4 is 68.5 Å². The average molecular weight is 805 g/mol. The van der Waals surface area contributed by atoms with Crippen LogP contribution in [0.4, 0.5) is 29.3 Å². The SMILES string of the molecule is CCN(CC)C(=O)Nc1ccc(S(=O)(=O)N2C(=O)C(N[C@H](CCCCN)C(=O)OC)(c3ccccc3Cl)c3cc(Cl)ccc32)cc1.O=C(O)C(F)(F)F. The molecular weight excluding hydrogens is 766 g/mol. The molecule has 0 aliphatic carbocycles. The van der Waals surface area contributed by atoms with Gasteiger partial charge < -0.3 is 25.8 Å². The Morgan fingerprint density at radius 3 is 2.13 bits per heavy atom. The van der Waals surface area contributed by atoms with Crippen LogP contribution in [0, 0.1) is 0 Å². The minimum atomic E-state index is -5.08. The fourth-order valence-electron chi connectivity index (χ4n) is 5.52. The molecule has 288 valence electrons. The number of esters is 1. The molecule has 1 unspecified atom stereocenters. The number of nitrogens with one attached hydrogen (secondary N) is 2. The molecule has 5 N–H and O–H groups in total. The molecule has 13 nitrogen and oxygen atoms in total. The van der Waals surface area contributed by atoms with Crippen LogP contribution in [0.3, 0.4) is 0 Å². The zero-order valence-corrected chi connectivity index (χ0v) is 31.1. The molecular formula is C34H38Cl2F3N5O8S. The first-order chi connectivity index (χ1) is 24.9. The number of urea groups is 1. The van der Waals surface area contributed by atoms with Crippen molar-refractivity contribution in [1.82, 2.24) is 10.2 Å². The Morgan fingerprint density at radius 1 is 1.00 bits per heavy atom. The summed E-state index contributed by atoms with van der Waals surface area (Å²) < 4.78 is 66.2. The molecule has 1 aliphatic heterocycles. The van der Waals surface area contributed by atoms with Gasteiger partial charge in [0.05, 0.1) is 17.7 Å². The highest BCUT2D eigenvalue weighted by Crippen LogP contribution is 2.49. The van der Waals surface area contributed by atoms with Crippen molar-refractivity contribution in [2.45, 2.75) is 55.8 Å². The topological polar surface area (TPSA) is 188 Å². The van der Waals surface area contributed by atoms with Gasteiger partial charge in [0.1, 0.15) is 6.04 Å². The number of ether oxygens (including phenoxy) is 1. The first-order valence-electron chi connectivity index (χ1n) is 16.1. The van der Waals surface area contributed by atoms with Crippen LogP contribution in [0.5, 0.6) is 0 Å². The van der Waals surface area contributed by atoms with Crippen LogP contribution >= 0.6 is 23.2 Å². The van der Waals surface area contributed by atoms with E-state index in [9.17, 15) is 36.0 Å². The van der Waals surface area contributed by atoms with Crippen LogP contribution in [0.1, 0.15) is 44.2 Å². The van der Waals surface area contributed by atoms with Crippen molar-refractivity contribution in [3.63, 3.8) is 0 Å². The summed E-state index contributed by atoms with van der Waals surface area (Å²) in [6.45, 7) is 5.09. The summed E-state index contributed by atoms with van der Waals surface area (Å²) in [5.74, 6) is -4.32. The molecule has 0 fully saturated rings. The predicted molar refractivity (Wildman–Crippen MR) is 192 cm³/mol. The number of nitrogens with two attached hydrogens (primary N) is 1. The maximum atomic E-state index is 14.8. The second-order valence-corrected chi connectivity index (χ2v) is 14.0. The van der Waals surface area contributed by atoms with Gasteiger partial charge in [-0.15, -0.1) is 0 Å². The Morgan fingerprint density at radius 2 is 1.60 bits per heavy atom. The normalized spacial score (nSPS) is 15.9. The third kappa shape index (κ3) is 9.58. The summed E-state index contributed by atoms with van der Waals surface area (Å²) in [7, 11) is -3.33. The number of benzene rings is 3. The number of hydrogen-bond donors (Lipinski definition) is 4. The highest BCUT2D eigenvalue weighted by atomic mass is 35.5. The zero-order chi connectivity index (χ0) is 39.7. The largest absolute Gasteiger partial charge is 0.490 e. The number of sulfonamides is 1. The van der Waals surface area contributed by atoms with Crippen molar-refractivity contribution in [1.29, 1.82) is 0 Å². The van der Waals surface area contributed by atoms with E-state index in [4.69, 9.17) is 43.6 Å². The van der Waals surface area contributed by atoms with E-state index >= 15 is 0 Å². The fourth-order valence-corrected chi connectivity index (χ4v) is 7.43. The van der Waals surface area contributed by atoms with E-state index in [0.29, 0.717) is 42.5 Å². The fraction of sp³-hybridized carbons (Fsp3) is 0.353. The van der Waals surface area contributed by atoms with Crippen LogP contribution in [-0.2, 0) is 34.7 Å². The van der Waals surface area contributed by atoms with Gasteiger partial charge in [-0.3, -0.25) is 14.9 Å². The molecule has 3 amide bonds. The molecule has 0 aromatic heterocycles. The number of aliphatic carboxylic acids is 1. The van der Waals surface area contributed by atoms with E-state index in [1.807, 2.05) is 13.8 Å². The number of carbonyl (C=O) groups is 4. The van der Waals surface area contributed by atoms with Crippen LogP contribution in [-0.4, -0.2) is 81.3 Å². The lowest BCUT2D eigenvalue weighted by molar-refractivity contribution is -0.192. The number of anilines is 2. The van der Waals surface area contributed by atoms with Gasteiger partial charge in [0.2, 0.25) is 0 Å². The van der Waals surface area contributed by atoms with E-state index in [-0.39, 0.29) is 44.2 Å². The van der Waals surface area contributed by atoms with Crippen LogP contribution in [0.25, 0.3) is 0 Å². The number of carboxylic acids is 1. The lowest BCUT2D eigenvalue weighted by Crippen LogP contribution is -2.58. The van der Waals surface area contributed by atoms with E-state index in [0.717, 1.165) is 0 Å². The molecule has 1 aliphatic rings. The molecule has 0 saturated heterocycles. The predicted octanol–water partition coefficient (Wildman–Crippen LogP) is 5.74. The second-order valence-electron chi connectivity index (χ2n) is 11.4. The number of alkyl halides is 3. The number of halogens is 5. The maximum absolute atomic E-state index is 14.8. The van der Waals surface area contributed by atoms with Crippen molar-refractivity contribution in [2.75, 3.05) is 36.4 Å². The summed E-state index contributed by atoms with van der Waals surface area (Å²) in [6.07, 6.45) is -3.71. The lowest BCUT2D eigenvalue weighted by Gasteiger charge is -2.34. The molecule has 2 atom stereocenters. The minimum Gasteiger partial charge on any atom is -0.475 e. The van der Waals surface area contributed by atoms with Gasteiger partial charge in [-0.2, -0.15) is 13.2 Å². The van der Waals surface area contributed by atoms with Gasteiger partial charge in [0.15, 0.2) is 5.54 Å². The number of hydrogen-bond acceptors (Lipinski definition) is 9. The average Bonchev–Trinajstić information content (AvgIpc) is 3.35. The number of amides is 3. The summed E-state index contributed by atoms with van der Waals surface area (Å²) in [5.41, 5.74) is 4.56. The molecule has 4 rings (SSSR count). The summed E-state index contributed by atoms with van der Waals surface area (Å²) in [6, 6.07) is 15.0. The molecule has 0 bridgehead atoms. The van der Waals surface area contributed by atoms with Crippen LogP contribution < -0.4 is 20.7 Å². The van der Waals surface area contributed by atoms with Crippen molar-refractivity contribution in [3.8, 4) is 0 Å². The highest BCUT2D eigenvalue weighted by molar-refractivity contribution is 7.93. The standard InChI is InChI=1S/C32H37Cl2N5O6S.C2HF3O2/c1-4-38(5-2)31(42)36-22-14-16-23(17-15-22)46(43,44)39-28-18-13-21(33)20-25(28)32(30(39)41,24-10-6-7-11-26(24)34)37-27(29(40)45-3)12-8-9-19-35;3-2(4,5)1(6)7/h6-7,10-11,13-18,20,27,37H,4-5,8-9,12,19,35H2,1-3H3,(H,36,42);(H,6,7)/t27-,32?;/m1./s1. The number of unbranched alkanes of at least 4 members (excludes halogenated alkanes) is 1. The van der Waals surface area contributed by atoms with Gasteiger partial charge in [0, 0.05) is 39.9 Å². The lowest BCUT2D eigenvalue weighted by atomic mass is 9.82. The number of carbonyl (C=O) groups excluding carboxylic acids is 3. The molecule has 3 aromatic rings. The van der Waals surface area contributed by atoms with Crippen LogP contribution in [0.2, 0.25) is 10.0 Å². The van der Waals surface area contributed by atoms with Crippen molar-refractivity contribution in [2.24, 2.45) is 5.73 Å². The Hall–Kier alpha value is -4.42. The Bertz CT molecular complexity index is 1910. The van der Waals surface area contributed by atoms with E-state index in [1.54, 1.807) is 29.2 Å². The van der Waals surface area contributed by atoms with Gasteiger partial charge >= 0.3 is 24.1 Å². The minimum absolute atomic E-state index is 0.0336. The quantitative estimate of drug-likeness (QED) is 0.123. The smallest absolute Gasteiger partial charge is 0.475 e. The van der Waals surface area contributed by atoms with Crippen LogP contribution in [0.15, 0.2) is 71.6 Å².